The second-order valence-corrected chi connectivity index (χ2v) is 9.84. The van der Waals surface area contributed by atoms with E-state index in [4.69, 9.17) is 9.84 Å². The molecule has 11 heteroatoms. The van der Waals surface area contributed by atoms with Gasteiger partial charge in [0.15, 0.2) is 0 Å². The van der Waals surface area contributed by atoms with Crippen molar-refractivity contribution in [2.75, 3.05) is 11.9 Å². The average Bonchev–Trinajstić information content (AvgIpc) is 3.21. The molecule has 1 aromatic heterocycles. The van der Waals surface area contributed by atoms with E-state index in [2.05, 4.69) is 15.0 Å². The van der Waals surface area contributed by atoms with Crippen molar-refractivity contribution in [1.82, 2.24) is 9.71 Å². The zero-order valence-electron chi connectivity index (χ0n) is 19.3. The van der Waals surface area contributed by atoms with Gasteiger partial charge in [0.05, 0.1) is 17.1 Å². The van der Waals surface area contributed by atoms with Crippen molar-refractivity contribution in [2.24, 2.45) is 0 Å². The molecular weight excluding hydrogens is 462 g/mol. The van der Waals surface area contributed by atoms with Crippen LogP contribution in [0.25, 0.3) is 11.6 Å². The van der Waals surface area contributed by atoms with Gasteiger partial charge in [0.1, 0.15) is 5.69 Å². The van der Waals surface area contributed by atoms with Gasteiger partial charge in [-0.25, -0.2) is 17.9 Å². The molecule has 2 heterocycles. The van der Waals surface area contributed by atoms with Crippen molar-refractivity contribution < 1.29 is 32.6 Å². The van der Waals surface area contributed by atoms with Gasteiger partial charge in [0, 0.05) is 29.4 Å². The molecule has 0 fully saturated rings. The Morgan fingerprint density at radius 2 is 1.97 bits per heavy atom. The molecule has 4 N–H and O–H groups in total. The number of carbonyl (C=O) groups is 3. The summed E-state index contributed by atoms with van der Waals surface area (Å²) < 4.78 is 32.8. The highest BCUT2D eigenvalue weighted by Crippen LogP contribution is 2.36. The number of rotatable bonds is 9. The van der Waals surface area contributed by atoms with E-state index in [-0.39, 0.29) is 41.7 Å². The van der Waals surface area contributed by atoms with Crippen LogP contribution in [0.5, 0.6) is 0 Å². The van der Waals surface area contributed by atoms with Crippen molar-refractivity contribution in [3.05, 3.63) is 46.3 Å². The molecule has 1 aromatic carbocycles. The molecule has 0 atom stereocenters. The molecule has 0 bridgehead atoms. The van der Waals surface area contributed by atoms with Crippen molar-refractivity contribution in [3.63, 3.8) is 0 Å². The summed E-state index contributed by atoms with van der Waals surface area (Å²) in [6.45, 7) is 6.91. The SMILES string of the molecule is CCOC(=O)c1[nH]c(/C=C2\C(=O)Nc3ccc(S(=O)(=O)NC(C)C)cc32)c(CCC(=O)O)c1C. The van der Waals surface area contributed by atoms with Crippen LogP contribution in [0.3, 0.4) is 0 Å². The Hall–Kier alpha value is -3.44. The van der Waals surface area contributed by atoms with Crippen molar-refractivity contribution >= 4 is 45.2 Å². The topological polar surface area (TPSA) is 155 Å². The van der Waals surface area contributed by atoms with Gasteiger partial charge in [0.25, 0.3) is 5.91 Å². The summed E-state index contributed by atoms with van der Waals surface area (Å²) >= 11 is 0. The van der Waals surface area contributed by atoms with Crippen LogP contribution in [-0.2, 0) is 30.8 Å². The third-order valence-electron chi connectivity index (χ3n) is 5.24. The number of fused-ring (bicyclic) bond motifs is 1. The lowest BCUT2D eigenvalue weighted by Gasteiger charge is -2.10. The van der Waals surface area contributed by atoms with E-state index < -0.39 is 27.9 Å². The van der Waals surface area contributed by atoms with E-state index in [9.17, 15) is 22.8 Å². The minimum atomic E-state index is -3.79. The van der Waals surface area contributed by atoms with Crippen LogP contribution in [0.1, 0.15) is 60.1 Å². The number of anilines is 1. The maximum Gasteiger partial charge on any atom is 0.355 e. The fourth-order valence-corrected chi connectivity index (χ4v) is 5.02. The molecule has 3 rings (SSSR count). The minimum Gasteiger partial charge on any atom is -0.481 e. The van der Waals surface area contributed by atoms with Gasteiger partial charge < -0.3 is 20.1 Å². The number of H-pyrrole nitrogens is 1. The first-order valence-corrected chi connectivity index (χ1v) is 12.2. The number of carboxylic acid groups (broad SMARTS) is 1. The van der Waals surface area contributed by atoms with Crippen LogP contribution in [0.15, 0.2) is 23.1 Å². The summed E-state index contributed by atoms with van der Waals surface area (Å²) in [5, 5.41) is 11.8. The Balaban J connectivity index is 2.12. The van der Waals surface area contributed by atoms with Crippen molar-refractivity contribution in [1.29, 1.82) is 0 Å². The normalized spacial score (nSPS) is 14.4. The first-order chi connectivity index (χ1) is 15.9. The number of hydrogen-bond donors (Lipinski definition) is 4. The largest absolute Gasteiger partial charge is 0.481 e. The summed E-state index contributed by atoms with van der Waals surface area (Å²) in [6.07, 6.45) is 1.45. The number of aromatic amines is 1. The molecule has 1 amide bonds. The Morgan fingerprint density at radius 1 is 1.26 bits per heavy atom. The van der Waals surface area contributed by atoms with E-state index in [1.807, 2.05) is 0 Å². The molecule has 0 aliphatic carbocycles. The lowest BCUT2D eigenvalue weighted by molar-refractivity contribution is -0.137. The Morgan fingerprint density at radius 3 is 2.59 bits per heavy atom. The Bertz CT molecular complexity index is 1290. The third kappa shape index (κ3) is 5.20. The molecule has 0 saturated heterocycles. The molecule has 34 heavy (non-hydrogen) atoms. The minimum absolute atomic E-state index is 0.00308. The molecular formula is C23H27N3O7S. The van der Waals surface area contributed by atoms with Crippen LogP contribution >= 0.6 is 0 Å². The van der Waals surface area contributed by atoms with E-state index in [0.29, 0.717) is 28.1 Å². The lowest BCUT2D eigenvalue weighted by Crippen LogP contribution is -2.30. The predicted octanol–water partition coefficient (Wildman–Crippen LogP) is 2.70. The number of carboxylic acids is 1. The monoisotopic (exact) mass is 489 g/mol. The number of nitrogens with one attached hydrogen (secondary N) is 3. The number of aliphatic carboxylic acids is 1. The summed E-state index contributed by atoms with van der Waals surface area (Å²) in [5.74, 6) is -2.05. The van der Waals surface area contributed by atoms with E-state index >= 15 is 0 Å². The Kier molecular flexibility index (Phi) is 7.27. The third-order valence-corrected chi connectivity index (χ3v) is 6.90. The second kappa shape index (κ2) is 9.82. The van der Waals surface area contributed by atoms with Gasteiger partial charge in [-0.1, -0.05) is 0 Å². The molecule has 0 radical (unpaired) electrons. The van der Waals surface area contributed by atoms with Crippen LogP contribution in [0, 0.1) is 6.92 Å². The number of amides is 1. The van der Waals surface area contributed by atoms with Crippen LogP contribution in [-0.4, -0.2) is 49.0 Å². The standard InChI is InChI=1S/C23H27N3O7S/c1-5-33-23(30)21-13(4)15(7-9-20(27)28)19(24-21)11-17-16-10-14(34(31,32)26-12(2)3)6-8-18(16)25-22(17)29/h6,8,10-12,24,26H,5,7,9H2,1-4H3,(H,25,29)(H,27,28)/b17-11-. The first-order valence-electron chi connectivity index (χ1n) is 10.7. The molecule has 0 unspecified atom stereocenters. The number of benzene rings is 1. The highest BCUT2D eigenvalue weighted by molar-refractivity contribution is 7.89. The molecule has 10 nitrogen and oxygen atoms in total. The van der Waals surface area contributed by atoms with E-state index in [1.54, 1.807) is 27.7 Å². The number of sulfonamides is 1. The van der Waals surface area contributed by atoms with Gasteiger partial charge in [0.2, 0.25) is 10.0 Å². The average molecular weight is 490 g/mol. The van der Waals surface area contributed by atoms with Crippen molar-refractivity contribution in [2.45, 2.75) is 51.5 Å². The van der Waals surface area contributed by atoms with Gasteiger partial charge >= 0.3 is 11.9 Å². The molecule has 1 aliphatic heterocycles. The maximum absolute atomic E-state index is 12.7. The molecule has 0 saturated carbocycles. The quantitative estimate of drug-likeness (QED) is 0.312. The molecule has 0 spiro atoms. The summed E-state index contributed by atoms with van der Waals surface area (Å²) in [4.78, 5) is 39.2. The highest BCUT2D eigenvalue weighted by Gasteiger charge is 2.28. The van der Waals surface area contributed by atoms with Gasteiger partial charge in [-0.3, -0.25) is 9.59 Å². The lowest BCUT2D eigenvalue weighted by atomic mass is 10.0. The summed E-state index contributed by atoms with van der Waals surface area (Å²) in [7, 11) is -3.79. The molecule has 1 aliphatic rings. The Labute approximate surface area is 197 Å². The highest BCUT2D eigenvalue weighted by atomic mass is 32.2. The maximum atomic E-state index is 12.7. The fraction of sp³-hybridized carbons (Fsp3) is 0.348. The number of esters is 1. The van der Waals surface area contributed by atoms with Crippen LogP contribution in [0.2, 0.25) is 0 Å². The second-order valence-electron chi connectivity index (χ2n) is 8.13. The zero-order valence-corrected chi connectivity index (χ0v) is 20.1. The van der Waals surface area contributed by atoms with E-state index in [1.165, 1.54) is 24.3 Å². The van der Waals surface area contributed by atoms with E-state index in [0.717, 1.165) is 0 Å². The van der Waals surface area contributed by atoms with Crippen molar-refractivity contribution in [3.8, 4) is 0 Å². The fourth-order valence-electron chi connectivity index (χ4n) is 3.74. The summed E-state index contributed by atoms with van der Waals surface area (Å²) in [6, 6.07) is 4.01. The van der Waals surface area contributed by atoms with Gasteiger partial charge in [-0.2, -0.15) is 0 Å². The number of carbonyl (C=O) groups excluding carboxylic acids is 2. The number of ether oxygens (including phenoxy) is 1. The predicted molar refractivity (Wildman–Crippen MR) is 126 cm³/mol. The van der Waals surface area contributed by atoms with Gasteiger partial charge in [-0.05, 0) is 69.5 Å². The summed E-state index contributed by atoms with van der Waals surface area (Å²) in [5.41, 5.74) is 2.65. The number of hydrogen-bond acceptors (Lipinski definition) is 6. The number of aromatic nitrogens is 1. The van der Waals surface area contributed by atoms with Crippen LogP contribution in [0.4, 0.5) is 5.69 Å². The first kappa shape index (κ1) is 25.2. The molecule has 182 valence electrons. The zero-order chi connectivity index (χ0) is 25.2. The van der Waals surface area contributed by atoms with Crippen LogP contribution < -0.4 is 10.0 Å². The molecule has 2 aromatic rings. The smallest absolute Gasteiger partial charge is 0.355 e. The van der Waals surface area contributed by atoms with Gasteiger partial charge in [-0.15, -0.1) is 0 Å².